The van der Waals surface area contributed by atoms with Crippen LogP contribution in [0.1, 0.15) is 19.9 Å². The number of ether oxygens (including phenoxy) is 2. The predicted octanol–water partition coefficient (Wildman–Crippen LogP) is 4.31. The summed E-state index contributed by atoms with van der Waals surface area (Å²) in [5, 5.41) is 4.07. The Hall–Kier alpha value is -1.77. The van der Waals surface area contributed by atoms with E-state index in [-0.39, 0.29) is 23.6 Å². The van der Waals surface area contributed by atoms with Gasteiger partial charge in [-0.1, -0.05) is 6.07 Å². The number of alkyl halides is 3. The molecule has 21 heavy (non-hydrogen) atoms. The van der Waals surface area contributed by atoms with Crippen molar-refractivity contribution in [3.8, 4) is 17.5 Å². The number of rotatable bonds is 4. The van der Waals surface area contributed by atoms with E-state index in [0.717, 1.165) is 6.07 Å². The Morgan fingerprint density at radius 1 is 1.24 bits per heavy atom. The van der Waals surface area contributed by atoms with Crippen LogP contribution in [-0.4, -0.2) is 21.1 Å². The molecule has 2 aromatic rings. The first kappa shape index (κ1) is 15.6. The minimum Gasteiger partial charge on any atom is -0.424 e. The first-order chi connectivity index (χ1) is 9.74. The van der Waals surface area contributed by atoms with E-state index in [2.05, 4.69) is 30.7 Å². The van der Waals surface area contributed by atoms with Gasteiger partial charge in [0.05, 0.1) is 6.04 Å². The van der Waals surface area contributed by atoms with E-state index < -0.39 is 6.36 Å². The molecule has 0 fully saturated rings. The molecule has 0 saturated carbocycles. The molecular weight excluding hydrogens is 355 g/mol. The molecule has 0 N–H and O–H groups in total. The molecule has 0 bridgehead atoms. The zero-order valence-electron chi connectivity index (χ0n) is 11.1. The van der Waals surface area contributed by atoms with Crippen LogP contribution in [0.4, 0.5) is 13.2 Å². The average Bonchev–Trinajstić information content (AvgIpc) is 2.68. The molecule has 0 spiro atoms. The van der Waals surface area contributed by atoms with Gasteiger partial charge in [-0.25, -0.2) is 4.68 Å². The van der Waals surface area contributed by atoms with E-state index in [9.17, 15) is 13.2 Å². The molecule has 0 aliphatic carbocycles. The summed E-state index contributed by atoms with van der Waals surface area (Å²) in [5.74, 6) is -0.201. The number of benzene rings is 1. The van der Waals surface area contributed by atoms with Crippen LogP contribution >= 0.6 is 15.9 Å². The number of hydrogen-bond acceptors (Lipinski definition) is 4. The Labute approximate surface area is 126 Å². The summed E-state index contributed by atoms with van der Waals surface area (Å²) in [6.07, 6.45) is -4.75. The van der Waals surface area contributed by atoms with E-state index in [1.54, 1.807) is 0 Å². The third kappa shape index (κ3) is 4.35. The molecule has 0 aliphatic rings. The van der Waals surface area contributed by atoms with Crippen LogP contribution in [0.15, 0.2) is 29.0 Å². The molecule has 1 heterocycles. The summed E-state index contributed by atoms with van der Waals surface area (Å²) in [6.45, 7) is 3.74. The highest BCUT2D eigenvalue weighted by molar-refractivity contribution is 9.10. The summed E-state index contributed by atoms with van der Waals surface area (Å²) >= 11 is 3.12. The third-order valence-electron chi connectivity index (χ3n) is 2.31. The third-order valence-corrected chi connectivity index (χ3v) is 2.65. The molecular formula is C12H11BrF3N3O2. The van der Waals surface area contributed by atoms with E-state index in [1.807, 2.05) is 13.8 Å². The molecule has 1 aromatic carbocycles. The van der Waals surface area contributed by atoms with Gasteiger partial charge >= 0.3 is 12.4 Å². The SMILES string of the molecule is CC(C)n1nc(Br)nc1Oc1cccc(OC(F)(F)F)c1. The molecule has 5 nitrogen and oxygen atoms in total. The highest BCUT2D eigenvalue weighted by Crippen LogP contribution is 2.29. The Balaban J connectivity index is 2.22. The summed E-state index contributed by atoms with van der Waals surface area (Å²) < 4.78 is 47.7. The minimum absolute atomic E-state index is 0.0200. The molecule has 9 heteroatoms. The van der Waals surface area contributed by atoms with Crippen molar-refractivity contribution in [3.05, 3.63) is 29.0 Å². The molecule has 0 unspecified atom stereocenters. The van der Waals surface area contributed by atoms with E-state index in [0.29, 0.717) is 4.73 Å². The minimum atomic E-state index is -4.75. The zero-order chi connectivity index (χ0) is 15.6. The number of hydrogen-bond donors (Lipinski definition) is 0. The Morgan fingerprint density at radius 2 is 1.90 bits per heavy atom. The quantitative estimate of drug-likeness (QED) is 0.809. The van der Waals surface area contributed by atoms with Crippen molar-refractivity contribution in [3.63, 3.8) is 0 Å². The lowest BCUT2D eigenvalue weighted by Gasteiger charge is -2.11. The Kier molecular flexibility index (Phi) is 4.40. The maximum atomic E-state index is 12.2. The lowest BCUT2D eigenvalue weighted by Crippen LogP contribution is -2.17. The largest absolute Gasteiger partial charge is 0.573 e. The summed E-state index contributed by atoms with van der Waals surface area (Å²) in [6, 6.07) is 5.34. The monoisotopic (exact) mass is 365 g/mol. The molecule has 1 aromatic heterocycles. The first-order valence-electron chi connectivity index (χ1n) is 5.90. The van der Waals surface area contributed by atoms with Crippen LogP contribution in [0.25, 0.3) is 0 Å². The fourth-order valence-electron chi connectivity index (χ4n) is 1.53. The van der Waals surface area contributed by atoms with Gasteiger partial charge in [-0.2, -0.15) is 4.98 Å². The summed E-state index contributed by atoms with van der Waals surface area (Å²) in [4.78, 5) is 4.01. The number of nitrogens with zero attached hydrogens (tertiary/aromatic N) is 3. The second-order valence-corrected chi connectivity index (χ2v) is 5.04. The van der Waals surface area contributed by atoms with E-state index >= 15 is 0 Å². The second-order valence-electron chi connectivity index (χ2n) is 4.33. The van der Waals surface area contributed by atoms with Gasteiger partial charge < -0.3 is 9.47 Å². The van der Waals surface area contributed by atoms with Gasteiger partial charge in [0.15, 0.2) is 0 Å². The molecule has 0 saturated heterocycles. The van der Waals surface area contributed by atoms with Gasteiger partial charge in [-0.3, -0.25) is 0 Å². The van der Waals surface area contributed by atoms with Crippen LogP contribution in [0.2, 0.25) is 0 Å². The van der Waals surface area contributed by atoms with Crippen molar-refractivity contribution in [2.24, 2.45) is 0 Å². The number of aromatic nitrogens is 3. The fraction of sp³-hybridized carbons (Fsp3) is 0.333. The maximum Gasteiger partial charge on any atom is 0.573 e. The second kappa shape index (κ2) is 5.92. The predicted molar refractivity (Wildman–Crippen MR) is 71.3 cm³/mol. The number of halogens is 4. The van der Waals surface area contributed by atoms with Gasteiger partial charge in [-0.05, 0) is 41.9 Å². The topological polar surface area (TPSA) is 49.2 Å². The highest BCUT2D eigenvalue weighted by atomic mass is 79.9. The van der Waals surface area contributed by atoms with Crippen molar-refractivity contribution in [1.82, 2.24) is 14.8 Å². The van der Waals surface area contributed by atoms with E-state index in [1.165, 1.54) is 22.9 Å². The van der Waals surface area contributed by atoms with Crippen LogP contribution < -0.4 is 9.47 Å². The van der Waals surface area contributed by atoms with Crippen molar-refractivity contribution < 1.29 is 22.6 Å². The van der Waals surface area contributed by atoms with Crippen molar-refractivity contribution in [1.29, 1.82) is 0 Å². The van der Waals surface area contributed by atoms with Crippen LogP contribution in [0, 0.1) is 0 Å². The fourth-order valence-corrected chi connectivity index (χ4v) is 1.85. The average molecular weight is 366 g/mol. The molecule has 0 radical (unpaired) electrons. The van der Waals surface area contributed by atoms with Crippen LogP contribution in [0.5, 0.6) is 17.5 Å². The normalized spacial score (nSPS) is 11.8. The maximum absolute atomic E-state index is 12.2. The lowest BCUT2D eigenvalue weighted by atomic mass is 10.3. The molecule has 114 valence electrons. The molecule has 0 atom stereocenters. The standard InChI is InChI=1S/C12H11BrF3N3O2/c1-7(2)19-11(17-10(13)18-19)20-8-4-3-5-9(6-8)21-12(14,15)16/h3-7H,1-2H3. The van der Waals surface area contributed by atoms with Gasteiger partial charge in [0, 0.05) is 6.07 Å². The molecule has 0 amide bonds. The van der Waals surface area contributed by atoms with Gasteiger partial charge in [0.25, 0.3) is 0 Å². The first-order valence-corrected chi connectivity index (χ1v) is 6.69. The van der Waals surface area contributed by atoms with E-state index in [4.69, 9.17) is 4.74 Å². The van der Waals surface area contributed by atoms with Crippen molar-refractivity contribution >= 4 is 15.9 Å². The smallest absolute Gasteiger partial charge is 0.424 e. The Morgan fingerprint density at radius 3 is 2.52 bits per heavy atom. The molecule has 0 aliphatic heterocycles. The lowest BCUT2D eigenvalue weighted by molar-refractivity contribution is -0.274. The summed E-state index contributed by atoms with van der Waals surface area (Å²) in [5.41, 5.74) is 0. The van der Waals surface area contributed by atoms with Crippen LogP contribution in [-0.2, 0) is 0 Å². The Bertz CT molecular complexity index is 628. The zero-order valence-corrected chi connectivity index (χ0v) is 12.6. The highest BCUT2D eigenvalue weighted by Gasteiger charge is 2.31. The van der Waals surface area contributed by atoms with Crippen molar-refractivity contribution in [2.45, 2.75) is 26.3 Å². The molecule has 2 rings (SSSR count). The van der Waals surface area contributed by atoms with Gasteiger partial charge in [-0.15, -0.1) is 18.3 Å². The summed E-state index contributed by atoms with van der Waals surface area (Å²) in [7, 11) is 0. The van der Waals surface area contributed by atoms with Crippen LogP contribution in [0.3, 0.4) is 0 Å². The van der Waals surface area contributed by atoms with Crippen molar-refractivity contribution in [2.75, 3.05) is 0 Å². The van der Waals surface area contributed by atoms with Gasteiger partial charge in [0.2, 0.25) is 4.73 Å². The van der Waals surface area contributed by atoms with Gasteiger partial charge in [0.1, 0.15) is 11.5 Å².